The smallest absolute Gasteiger partial charge is 0.278 e. The second-order valence-corrected chi connectivity index (χ2v) is 9.11. The van der Waals surface area contributed by atoms with E-state index in [0.717, 1.165) is 49.5 Å². The summed E-state index contributed by atoms with van der Waals surface area (Å²) in [6.45, 7) is 3.76. The van der Waals surface area contributed by atoms with Crippen LogP contribution in [-0.4, -0.2) is 56.3 Å². The van der Waals surface area contributed by atoms with Gasteiger partial charge in [-0.15, -0.1) is 0 Å². The zero-order valence-electron chi connectivity index (χ0n) is 19.3. The summed E-state index contributed by atoms with van der Waals surface area (Å²) in [5, 5.41) is 7.60. The van der Waals surface area contributed by atoms with Crippen LogP contribution in [0.25, 0.3) is 22.7 Å². The highest BCUT2D eigenvalue weighted by Gasteiger charge is 2.33. The fourth-order valence-corrected chi connectivity index (χ4v) is 4.59. The van der Waals surface area contributed by atoms with Crippen LogP contribution in [0.15, 0.2) is 53.6 Å². The highest BCUT2D eigenvalue weighted by molar-refractivity contribution is 5.62. The van der Waals surface area contributed by atoms with Crippen molar-refractivity contribution in [3.63, 3.8) is 0 Å². The summed E-state index contributed by atoms with van der Waals surface area (Å²) in [7, 11) is 0. The molecule has 10 heteroatoms. The van der Waals surface area contributed by atoms with Crippen molar-refractivity contribution in [1.29, 1.82) is 0 Å². The Balaban J connectivity index is 1.16. The third-order valence-electron chi connectivity index (χ3n) is 6.70. The van der Waals surface area contributed by atoms with E-state index in [1.54, 1.807) is 24.8 Å². The molecule has 1 saturated heterocycles. The summed E-state index contributed by atoms with van der Waals surface area (Å²) in [6.07, 6.45) is 10.2. The lowest BCUT2D eigenvalue weighted by Gasteiger charge is -2.27. The molecule has 1 aromatic carbocycles. The molecule has 0 amide bonds. The van der Waals surface area contributed by atoms with Gasteiger partial charge in [0.25, 0.3) is 5.89 Å². The number of anilines is 2. The maximum atomic E-state index is 5.61. The fourth-order valence-electron chi connectivity index (χ4n) is 4.59. The van der Waals surface area contributed by atoms with Crippen molar-refractivity contribution in [1.82, 2.24) is 35.4 Å². The van der Waals surface area contributed by atoms with Crippen LogP contribution in [0, 0.1) is 5.92 Å². The summed E-state index contributed by atoms with van der Waals surface area (Å²) in [6, 6.07) is 8.57. The number of benzene rings is 1. The first-order valence-electron chi connectivity index (χ1n) is 12.0. The molecule has 4 aromatic rings. The molecule has 2 aliphatic rings. The lowest BCUT2D eigenvalue weighted by atomic mass is 9.90. The van der Waals surface area contributed by atoms with Gasteiger partial charge in [-0.3, -0.25) is 0 Å². The molecule has 0 radical (unpaired) electrons. The predicted octanol–water partition coefficient (Wildman–Crippen LogP) is 2.71. The van der Waals surface area contributed by atoms with E-state index in [9.17, 15) is 0 Å². The van der Waals surface area contributed by atoms with Gasteiger partial charge in [-0.2, -0.15) is 4.98 Å². The van der Waals surface area contributed by atoms with Gasteiger partial charge < -0.3 is 20.5 Å². The quantitative estimate of drug-likeness (QED) is 0.416. The molecule has 0 spiro atoms. The van der Waals surface area contributed by atoms with Crippen molar-refractivity contribution in [3.8, 4) is 22.7 Å². The van der Waals surface area contributed by atoms with E-state index in [1.165, 1.54) is 18.4 Å². The molecule has 0 unspecified atom stereocenters. The summed E-state index contributed by atoms with van der Waals surface area (Å²) in [5.41, 5.74) is 9.49. The van der Waals surface area contributed by atoms with Crippen LogP contribution in [0.2, 0.25) is 0 Å². The van der Waals surface area contributed by atoms with Crippen LogP contribution >= 0.6 is 0 Å². The van der Waals surface area contributed by atoms with Crippen molar-refractivity contribution >= 4 is 11.8 Å². The molecule has 10 nitrogen and oxygen atoms in total. The number of aromatic nitrogens is 6. The molecule has 2 fully saturated rings. The SMILES string of the molecule is Nc1ncc(-c2ccc([C@@H](Cc3noc(-c4cnc(N5CCNCC5)cn4)n3)C3CC3)cc2)cn1. The lowest BCUT2D eigenvalue weighted by Crippen LogP contribution is -2.43. The van der Waals surface area contributed by atoms with E-state index < -0.39 is 0 Å². The second-order valence-electron chi connectivity index (χ2n) is 9.11. The van der Waals surface area contributed by atoms with Crippen LogP contribution in [0.3, 0.4) is 0 Å². The van der Waals surface area contributed by atoms with Gasteiger partial charge in [0.15, 0.2) is 5.82 Å². The van der Waals surface area contributed by atoms with Gasteiger partial charge in [0.2, 0.25) is 5.95 Å². The van der Waals surface area contributed by atoms with Gasteiger partial charge in [0.05, 0.1) is 12.4 Å². The monoisotopic (exact) mass is 469 g/mol. The minimum absolute atomic E-state index is 0.278. The average Bonchev–Trinajstić information content (AvgIpc) is 3.66. The molecule has 3 N–H and O–H groups in total. The molecule has 3 aromatic heterocycles. The maximum absolute atomic E-state index is 5.61. The molecule has 178 valence electrons. The van der Waals surface area contributed by atoms with E-state index in [0.29, 0.717) is 29.2 Å². The van der Waals surface area contributed by atoms with Crippen LogP contribution < -0.4 is 16.0 Å². The minimum atomic E-state index is 0.278. The Kier molecular flexibility index (Phi) is 5.79. The average molecular weight is 470 g/mol. The van der Waals surface area contributed by atoms with E-state index >= 15 is 0 Å². The fraction of sp³-hybridized carbons (Fsp3) is 0.360. The lowest BCUT2D eigenvalue weighted by molar-refractivity contribution is 0.416. The summed E-state index contributed by atoms with van der Waals surface area (Å²) in [5.74, 6) is 3.24. The van der Waals surface area contributed by atoms with Gasteiger partial charge in [-0.1, -0.05) is 29.4 Å². The number of hydrogen-bond donors (Lipinski definition) is 2. The summed E-state index contributed by atoms with van der Waals surface area (Å²) >= 11 is 0. The Morgan fingerprint density at radius 1 is 0.943 bits per heavy atom. The molecular weight excluding hydrogens is 442 g/mol. The Hall–Kier alpha value is -3.92. The van der Waals surface area contributed by atoms with Crippen LogP contribution in [-0.2, 0) is 6.42 Å². The van der Waals surface area contributed by atoms with Crippen molar-refractivity contribution in [2.75, 3.05) is 36.8 Å². The maximum Gasteiger partial charge on any atom is 0.278 e. The highest BCUT2D eigenvalue weighted by atomic mass is 16.5. The number of nitrogens with zero attached hydrogens (tertiary/aromatic N) is 7. The van der Waals surface area contributed by atoms with Gasteiger partial charge >= 0.3 is 0 Å². The van der Waals surface area contributed by atoms with Crippen LogP contribution in [0.5, 0.6) is 0 Å². The Bertz CT molecular complexity index is 1260. The number of nitrogens with two attached hydrogens (primary N) is 1. The van der Waals surface area contributed by atoms with E-state index in [4.69, 9.17) is 10.3 Å². The van der Waals surface area contributed by atoms with E-state index in [2.05, 4.69) is 64.6 Å². The first-order valence-corrected chi connectivity index (χ1v) is 12.0. The number of rotatable bonds is 7. The van der Waals surface area contributed by atoms with Gasteiger partial charge in [0, 0.05) is 50.6 Å². The standard InChI is InChI=1S/C25H27N9O/c26-25-30-12-19(13-31-25)16-1-3-17(4-2-16)20(18-5-6-18)11-22-32-24(35-33-22)21-14-29-23(15-28-21)34-9-7-27-8-10-34/h1-4,12-15,18,20,27H,5-11H2,(H2,26,30,31)/t20-/m1/s1. The summed E-state index contributed by atoms with van der Waals surface area (Å²) < 4.78 is 5.55. The number of nitrogen functional groups attached to an aromatic ring is 1. The van der Waals surface area contributed by atoms with Crippen LogP contribution in [0.4, 0.5) is 11.8 Å². The number of nitrogens with one attached hydrogen (secondary N) is 1. The molecule has 0 bridgehead atoms. The van der Waals surface area contributed by atoms with Gasteiger partial charge in [-0.05, 0) is 35.8 Å². The van der Waals surface area contributed by atoms with Gasteiger partial charge in [-0.25, -0.2) is 19.9 Å². The van der Waals surface area contributed by atoms with Crippen LogP contribution in [0.1, 0.15) is 30.1 Å². The van der Waals surface area contributed by atoms with E-state index in [-0.39, 0.29) is 5.95 Å². The summed E-state index contributed by atoms with van der Waals surface area (Å²) in [4.78, 5) is 24.1. The Morgan fingerprint density at radius 3 is 2.40 bits per heavy atom. The largest absolute Gasteiger partial charge is 0.368 e. The van der Waals surface area contributed by atoms with Crippen molar-refractivity contribution in [2.45, 2.75) is 25.2 Å². The normalized spacial score (nSPS) is 16.9. The Morgan fingerprint density at radius 2 is 1.71 bits per heavy atom. The molecule has 35 heavy (non-hydrogen) atoms. The number of hydrogen-bond acceptors (Lipinski definition) is 10. The molecule has 1 aliphatic carbocycles. The third kappa shape index (κ3) is 4.83. The van der Waals surface area contributed by atoms with Crippen molar-refractivity contribution in [3.05, 3.63) is 60.4 Å². The zero-order chi connectivity index (χ0) is 23.6. The minimum Gasteiger partial charge on any atom is -0.368 e. The third-order valence-corrected chi connectivity index (χ3v) is 6.70. The van der Waals surface area contributed by atoms with Gasteiger partial charge in [0.1, 0.15) is 11.5 Å². The zero-order valence-corrected chi connectivity index (χ0v) is 19.3. The molecule has 1 aliphatic heterocycles. The second kappa shape index (κ2) is 9.38. The van der Waals surface area contributed by atoms with E-state index in [1.807, 2.05) is 0 Å². The molecule has 1 saturated carbocycles. The first-order chi connectivity index (χ1) is 17.2. The molecule has 1 atom stereocenters. The first kappa shape index (κ1) is 21.6. The Labute approximate surface area is 203 Å². The highest BCUT2D eigenvalue weighted by Crippen LogP contribution is 2.44. The van der Waals surface area contributed by atoms with Crippen molar-refractivity contribution in [2.24, 2.45) is 5.92 Å². The predicted molar refractivity (Wildman–Crippen MR) is 131 cm³/mol. The topological polar surface area (TPSA) is 132 Å². The molecular formula is C25H27N9O. The number of piperazine rings is 1. The molecule has 6 rings (SSSR count). The van der Waals surface area contributed by atoms with Crippen molar-refractivity contribution < 1.29 is 4.52 Å². The molecule has 4 heterocycles.